The van der Waals surface area contributed by atoms with Gasteiger partial charge in [0, 0.05) is 23.0 Å². The Balaban J connectivity index is 1.66. The van der Waals surface area contributed by atoms with Crippen LogP contribution < -0.4 is 24.8 Å². The number of aryl methyl sites for hydroxylation is 1. The molecule has 204 valence electrons. The fourth-order valence-corrected chi connectivity index (χ4v) is 4.55. The molecule has 0 fully saturated rings. The van der Waals surface area contributed by atoms with Crippen molar-refractivity contribution in [1.29, 1.82) is 0 Å². The number of urea groups is 1. The summed E-state index contributed by atoms with van der Waals surface area (Å²) in [7, 11) is -2.19. The molecule has 0 aliphatic rings. The lowest BCUT2D eigenvalue weighted by molar-refractivity contribution is 0.262. The van der Waals surface area contributed by atoms with Gasteiger partial charge in [0.25, 0.3) is 0 Å². The van der Waals surface area contributed by atoms with Gasteiger partial charge in [0.2, 0.25) is 15.9 Å². The van der Waals surface area contributed by atoms with Crippen LogP contribution in [0, 0.1) is 6.92 Å². The normalized spacial score (nSPS) is 11.6. The number of amides is 2. The quantitative estimate of drug-likeness (QED) is 0.256. The topological polar surface area (TPSA) is 132 Å². The van der Waals surface area contributed by atoms with Crippen molar-refractivity contribution in [3.63, 3.8) is 0 Å². The van der Waals surface area contributed by atoms with Crippen LogP contribution in [-0.2, 0) is 15.4 Å². The van der Waals surface area contributed by atoms with Crippen molar-refractivity contribution < 1.29 is 22.7 Å². The van der Waals surface area contributed by atoms with Gasteiger partial charge in [0.1, 0.15) is 11.6 Å². The molecule has 0 aliphatic carbocycles. The van der Waals surface area contributed by atoms with Crippen molar-refractivity contribution in [3.05, 3.63) is 72.2 Å². The number of sulfonamides is 1. The van der Waals surface area contributed by atoms with Gasteiger partial charge >= 0.3 is 6.03 Å². The highest BCUT2D eigenvalue weighted by Crippen LogP contribution is 2.39. The molecular weight excluding hydrogens is 518 g/mol. The van der Waals surface area contributed by atoms with Crippen LogP contribution in [0.1, 0.15) is 32.2 Å². The molecule has 1 aromatic heterocycles. The van der Waals surface area contributed by atoms with Crippen molar-refractivity contribution in [3.8, 4) is 17.4 Å². The zero-order valence-corrected chi connectivity index (χ0v) is 23.4. The average Bonchev–Trinajstić information content (AvgIpc) is 2.84. The number of benzene rings is 3. The Morgan fingerprint density at radius 2 is 1.59 bits per heavy atom. The number of fused-ring (bicyclic) bond motifs is 1. The van der Waals surface area contributed by atoms with Crippen LogP contribution in [0.15, 0.2) is 60.8 Å². The number of nitrogens with zero attached hydrogens (tertiary/aromatic N) is 2. The minimum absolute atomic E-state index is 0.192. The third kappa shape index (κ3) is 6.74. The van der Waals surface area contributed by atoms with E-state index < -0.39 is 16.1 Å². The molecule has 0 saturated carbocycles. The fraction of sp³-hybridized carbons (Fsp3) is 0.250. The van der Waals surface area contributed by atoms with E-state index in [-0.39, 0.29) is 16.9 Å². The molecule has 2 amide bonds. The van der Waals surface area contributed by atoms with Crippen molar-refractivity contribution in [2.24, 2.45) is 0 Å². The number of aromatic nitrogens is 2. The van der Waals surface area contributed by atoms with Crippen molar-refractivity contribution >= 4 is 43.9 Å². The summed E-state index contributed by atoms with van der Waals surface area (Å²) in [4.78, 5) is 21.6. The zero-order valence-electron chi connectivity index (χ0n) is 22.6. The predicted octanol–water partition coefficient (Wildman–Crippen LogP) is 6.05. The van der Waals surface area contributed by atoms with Gasteiger partial charge in [-0.2, -0.15) is 4.98 Å². The molecule has 10 nitrogen and oxygen atoms in total. The SMILES string of the molecule is COc1c(NC(=O)Nc2ccc(Oc3ccnc(C)n3)c3ccccc23)cc(C(C)(C)C)cc1NS(C)(=O)=O. The highest BCUT2D eigenvalue weighted by atomic mass is 32.2. The largest absolute Gasteiger partial charge is 0.492 e. The number of methoxy groups -OCH3 is 1. The zero-order chi connectivity index (χ0) is 28.4. The van der Waals surface area contributed by atoms with E-state index in [1.54, 1.807) is 43.5 Å². The van der Waals surface area contributed by atoms with Crippen molar-refractivity contribution in [2.45, 2.75) is 33.1 Å². The van der Waals surface area contributed by atoms with Gasteiger partial charge in [-0.25, -0.2) is 18.2 Å². The van der Waals surface area contributed by atoms with Crippen LogP contribution in [0.25, 0.3) is 10.8 Å². The number of hydrogen-bond acceptors (Lipinski definition) is 7. The second-order valence-electron chi connectivity index (χ2n) is 10.0. The summed E-state index contributed by atoms with van der Waals surface area (Å²) < 4.78 is 38.0. The molecule has 0 saturated heterocycles. The first-order valence-corrected chi connectivity index (χ1v) is 14.0. The van der Waals surface area contributed by atoms with Crippen molar-refractivity contribution in [1.82, 2.24) is 9.97 Å². The monoisotopic (exact) mass is 549 g/mol. The number of nitrogens with one attached hydrogen (secondary N) is 3. The highest BCUT2D eigenvalue weighted by Gasteiger charge is 2.22. The Morgan fingerprint density at radius 1 is 0.923 bits per heavy atom. The third-order valence-electron chi connectivity index (χ3n) is 5.80. The first-order chi connectivity index (χ1) is 18.3. The van der Waals surface area contributed by atoms with Crippen LogP contribution in [-0.4, -0.2) is 37.8 Å². The Kier molecular flexibility index (Phi) is 7.64. The number of hydrogen-bond donors (Lipinski definition) is 3. The van der Waals surface area contributed by atoms with Gasteiger partial charge in [-0.05, 0) is 42.2 Å². The molecule has 3 aromatic carbocycles. The van der Waals surface area contributed by atoms with E-state index in [4.69, 9.17) is 9.47 Å². The van der Waals surface area contributed by atoms with Crippen LogP contribution in [0.5, 0.6) is 17.4 Å². The maximum absolute atomic E-state index is 13.2. The Hall–Kier alpha value is -4.38. The maximum Gasteiger partial charge on any atom is 0.323 e. The Bertz CT molecular complexity index is 1650. The van der Waals surface area contributed by atoms with E-state index in [0.717, 1.165) is 22.6 Å². The van der Waals surface area contributed by atoms with Gasteiger partial charge < -0.3 is 20.1 Å². The molecule has 3 N–H and O–H groups in total. The van der Waals surface area contributed by atoms with E-state index in [9.17, 15) is 13.2 Å². The number of carbonyl (C=O) groups is 1. The molecule has 0 spiro atoms. The van der Waals surface area contributed by atoms with Crippen LogP contribution >= 0.6 is 0 Å². The van der Waals surface area contributed by atoms with Crippen LogP contribution in [0.2, 0.25) is 0 Å². The third-order valence-corrected chi connectivity index (χ3v) is 6.39. The molecule has 0 aliphatic heterocycles. The molecule has 4 aromatic rings. The van der Waals surface area contributed by atoms with Gasteiger partial charge in [-0.3, -0.25) is 4.72 Å². The second kappa shape index (κ2) is 10.8. The van der Waals surface area contributed by atoms with E-state index in [1.165, 1.54) is 7.11 Å². The lowest BCUT2D eigenvalue weighted by Crippen LogP contribution is -2.22. The Labute approximate surface area is 227 Å². The van der Waals surface area contributed by atoms with E-state index in [1.807, 2.05) is 45.0 Å². The molecule has 1 heterocycles. The highest BCUT2D eigenvalue weighted by molar-refractivity contribution is 7.92. The first-order valence-electron chi connectivity index (χ1n) is 12.1. The smallest absolute Gasteiger partial charge is 0.323 e. The summed E-state index contributed by atoms with van der Waals surface area (Å²) in [5, 5.41) is 7.23. The maximum atomic E-state index is 13.2. The van der Waals surface area contributed by atoms with Crippen LogP contribution in [0.4, 0.5) is 21.9 Å². The standard InChI is InChI=1S/C28H31N5O5S/c1-17-29-14-13-25(30-17)38-24-12-11-21(19-9-7-8-10-20(19)24)31-27(34)32-22-15-18(28(2,3)4)16-23(26(22)37-5)33-39(6,35)36/h7-16,33H,1-6H3,(H2,31,32,34). The van der Waals surface area contributed by atoms with Gasteiger partial charge in [0.15, 0.2) is 5.75 Å². The summed E-state index contributed by atoms with van der Waals surface area (Å²) in [5.41, 5.74) is 1.57. The summed E-state index contributed by atoms with van der Waals surface area (Å²) in [6.07, 6.45) is 2.68. The van der Waals surface area contributed by atoms with E-state index in [0.29, 0.717) is 28.8 Å². The van der Waals surface area contributed by atoms with E-state index >= 15 is 0 Å². The number of carbonyl (C=O) groups excluding carboxylic acids is 1. The summed E-state index contributed by atoms with van der Waals surface area (Å²) >= 11 is 0. The van der Waals surface area contributed by atoms with Crippen LogP contribution in [0.3, 0.4) is 0 Å². The molecule has 11 heteroatoms. The van der Waals surface area contributed by atoms with Crippen molar-refractivity contribution in [2.75, 3.05) is 28.7 Å². The molecule has 0 atom stereocenters. The molecule has 39 heavy (non-hydrogen) atoms. The predicted molar refractivity (Wildman–Crippen MR) is 154 cm³/mol. The number of anilines is 3. The summed E-state index contributed by atoms with van der Waals surface area (Å²) in [6.45, 7) is 7.74. The fourth-order valence-electron chi connectivity index (χ4n) is 4.00. The van der Waals surface area contributed by atoms with E-state index in [2.05, 4.69) is 25.3 Å². The number of ether oxygens (including phenoxy) is 2. The first kappa shape index (κ1) is 27.6. The lowest BCUT2D eigenvalue weighted by atomic mass is 9.86. The molecule has 0 radical (unpaired) electrons. The average molecular weight is 550 g/mol. The Morgan fingerprint density at radius 3 is 2.23 bits per heavy atom. The summed E-state index contributed by atoms with van der Waals surface area (Å²) in [6, 6.07) is 15.6. The van der Waals surface area contributed by atoms with Gasteiger partial charge in [-0.15, -0.1) is 0 Å². The van der Waals surface area contributed by atoms with Gasteiger partial charge in [-0.1, -0.05) is 45.0 Å². The second-order valence-corrected chi connectivity index (χ2v) is 11.8. The lowest BCUT2D eigenvalue weighted by Gasteiger charge is -2.24. The molecular formula is C28H31N5O5S. The molecule has 4 rings (SSSR count). The summed E-state index contributed by atoms with van der Waals surface area (Å²) in [5.74, 6) is 1.77. The van der Waals surface area contributed by atoms with Gasteiger partial charge in [0.05, 0.1) is 30.4 Å². The molecule has 0 unspecified atom stereocenters. The molecule has 0 bridgehead atoms. The minimum Gasteiger partial charge on any atom is -0.492 e. The minimum atomic E-state index is -3.60. The number of rotatable bonds is 7.